The van der Waals surface area contributed by atoms with Crippen molar-refractivity contribution in [2.45, 2.75) is 78.2 Å². The minimum Gasteiger partial charge on any atom is -0.483 e. The molecule has 0 aromatic heterocycles. The number of fused-ring (bicyclic) bond motifs is 6. The minimum atomic E-state index is -1.50. The first kappa shape index (κ1) is 30.4. The van der Waals surface area contributed by atoms with Crippen LogP contribution in [0.1, 0.15) is 41.5 Å². The van der Waals surface area contributed by atoms with E-state index in [2.05, 4.69) is 133 Å². The Morgan fingerprint density at radius 2 is 0.633 bits per heavy atom. The van der Waals surface area contributed by atoms with Crippen molar-refractivity contribution in [2.75, 3.05) is 0 Å². The summed E-state index contributed by atoms with van der Waals surface area (Å²) in [6.45, 7) is 12.4. The Bertz CT molecular complexity index is 2030. The lowest BCUT2D eigenvalue weighted by molar-refractivity contribution is 0.0438. The van der Waals surface area contributed by atoms with Crippen LogP contribution in [0.2, 0.25) is 0 Å². The third kappa shape index (κ3) is 4.79. The lowest BCUT2D eigenvalue weighted by atomic mass is 10.1. The molecule has 0 spiro atoms. The third-order valence-electron chi connectivity index (χ3n) is 10.3. The molecule has 3 heterocycles. The monoisotopic (exact) mass is 670 g/mol. The average Bonchev–Trinajstić information content (AvgIpc) is 3.09. The fourth-order valence-corrected chi connectivity index (χ4v) is 10.3. The molecule has 3 aliphatic rings. The van der Waals surface area contributed by atoms with Crippen LogP contribution < -0.4 is 44.3 Å². The first-order valence-electron chi connectivity index (χ1n) is 17.2. The highest BCUT2D eigenvalue weighted by Gasteiger charge is 2.41. The quantitative estimate of drug-likeness (QED) is 0.176. The molecular weight excluding hydrogens is 631 g/mol. The van der Waals surface area contributed by atoms with E-state index in [1.807, 2.05) is 0 Å². The van der Waals surface area contributed by atoms with Crippen LogP contribution in [0.4, 0.5) is 0 Å². The maximum absolute atomic E-state index is 6.94. The summed E-state index contributed by atoms with van der Waals surface area (Å²) in [5.74, 6) is 4.51. The van der Waals surface area contributed by atoms with Gasteiger partial charge in [-0.15, -0.1) is 0 Å². The van der Waals surface area contributed by atoms with Crippen LogP contribution in [0.25, 0.3) is 32.3 Å². The van der Waals surface area contributed by atoms with Gasteiger partial charge in [-0.25, -0.2) is 0 Å². The van der Waals surface area contributed by atoms with E-state index in [4.69, 9.17) is 28.4 Å². The molecule has 6 atom stereocenters. The van der Waals surface area contributed by atoms with Crippen LogP contribution in [0.15, 0.2) is 91.0 Å². The fourth-order valence-electron chi connectivity index (χ4n) is 7.19. The predicted molar refractivity (Wildman–Crippen MR) is 198 cm³/mol. The Balaban J connectivity index is 1.50. The van der Waals surface area contributed by atoms with Gasteiger partial charge in [0.2, 0.25) is 0 Å². The SMILES string of the molecule is C[C@@H]1Oc2cc3ccccc3c(P(c3c4c(cc5ccccc35)O[C@@H](C)[C@H](C)O4)c3c4c(cc5ccccc35)O[C@@H](C)[C@H](C)O4)c2O[C@H]1C. The van der Waals surface area contributed by atoms with Crippen LogP contribution in [-0.2, 0) is 0 Å². The summed E-state index contributed by atoms with van der Waals surface area (Å²) in [5.41, 5.74) is 0. The van der Waals surface area contributed by atoms with Gasteiger partial charge in [0, 0.05) is 23.8 Å². The Morgan fingerprint density at radius 3 is 0.939 bits per heavy atom. The van der Waals surface area contributed by atoms with E-state index in [9.17, 15) is 0 Å². The third-order valence-corrected chi connectivity index (χ3v) is 13.0. The number of hydrogen-bond acceptors (Lipinski definition) is 6. The maximum Gasteiger partial charge on any atom is 0.170 e. The highest BCUT2D eigenvalue weighted by molar-refractivity contribution is 7.81. The highest BCUT2D eigenvalue weighted by Crippen LogP contribution is 2.55. The lowest BCUT2D eigenvalue weighted by Gasteiger charge is -2.38. The molecule has 9 rings (SSSR count). The van der Waals surface area contributed by atoms with Crippen molar-refractivity contribution in [1.82, 2.24) is 0 Å². The standard InChI is InChI=1S/C42H39O6P/c1-22-25(4)46-37-34(43-22)19-28-13-7-10-16-31(28)40(37)49(41-32-17-11-8-14-29(32)20-35-38(41)47-26(5)23(2)44-35)42-33-18-12-9-15-30(33)21-36-39(42)48-27(6)24(3)45-36/h7-27H,1-6H3/t22-,23-,24-,25-,26-,27-/m0/s1. The second-order valence-corrected chi connectivity index (χ2v) is 15.6. The van der Waals surface area contributed by atoms with Crippen molar-refractivity contribution in [1.29, 1.82) is 0 Å². The summed E-state index contributed by atoms with van der Waals surface area (Å²) in [5, 5.41) is 9.70. The molecule has 0 N–H and O–H groups in total. The Kier molecular flexibility index (Phi) is 7.10. The fraction of sp³-hybridized carbons (Fsp3) is 0.286. The second kappa shape index (κ2) is 11.5. The maximum atomic E-state index is 6.94. The predicted octanol–water partition coefficient (Wildman–Crippen LogP) is 8.55. The molecule has 0 unspecified atom stereocenters. The van der Waals surface area contributed by atoms with Crippen LogP contribution >= 0.6 is 7.92 Å². The lowest BCUT2D eigenvalue weighted by Crippen LogP contribution is -2.40. The van der Waals surface area contributed by atoms with Gasteiger partial charge in [0.1, 0.15) is 36.6 Å². The van der Waals surface area contributed by atoms with Gasteiger partial charge in [0.05, 0.1) is 0 Å². The Hall–Kier alpha value is -4.67. The summed E-state index contributed by atoms with van der Waals surface area (Å²) < 4.78 is 40.8. The molecular formula is C42H39O6P. The number of rotatable bonds is 3. The zero-order valence-corrected chi connectivity index (χ0v) is 29.4. The van der Waals surface area contributed by atoms with E-state index in [0.717, 1.165) is 82.7 Å². The van der Waals surface area contributed by atoms with Gasteiger partial charge in [-0.05, 0) is 92.1 Å². The van der Waals surface area contributed by atoms with Gasteiger partial charge < -0.3 is 28.4 Å². The molecule has 3 aliphatic heterocycles. The van der Waals surface area contributed by atoms with E-state index < -0.39 is 7.92 Å². The molecule has 6 aromatic carbocycles. The van der Waals surface area contributed by atoms with Crippen molar-refractivity contribution in [3.63, 3.8) is 0 Å². The van der Waals surface area contributed by atoms with Crippen molar-refractivity contribution in [2.24, 2.45) is 0 Å². The normalized spacial score (nSPS) is 24.1. The van der Waals surface area contributed by atoms with Crippen molar-refractivity contribution < 1.29 is 28.4 Å². The van der Waals surface area contributed by atoms with Crippen molar-refractivity contribution in [3.8, 4) is 34.5 Å². The van der Waals surface area contributed by atoms with Crippen LogP contribution in [0.5, 0.6) is 34.5 Å². The smallest absolute Gasteiger partial charge is 0.170 e. The summed E-state index contributed by atoms with van der Waals surface area (Å²) >= 11 is 0. The molecule has 0 fully saturated rings. The largest absolute Gasteiger partial charge is 0.483 e. The van der Waals surface area contributed by atoms with Crippen molar-refractivity contribution in [3.05, 3.63) is 91.0 Å². The Morgan fingerprint density at radius 1 is 0.367 bits per heavy atom. The van der Waals surface area contributed by atoms with E-state index >= 15 is 0 Å². The molecule has 7 heteroatoms. The van der Waals surface area contributed by atoms with Gasteiger partial charge in [0.25, 0.3) is 0 Å². The molecule has 6 nitrogen and oxygen atoms in total. The van der Waals surface area contributed by atoms with Gasteiger partial charge in [-0.2, -0.15) is 0 Å². The zero-order valence-electron chi connectivity index (χ0n) is 28.5. The first-order chi connectivity index (χ1) is 23.8. The van der Waals surface area contributed by atoms with E-state index in [-0.39, 0.29) is 36.6 Å². The summed E-state index contributed by atoms with van der Waals surface area (Å²) in [6, 6.07) is 32.0. The van der Waals surface area contributed by atoms with Gasteiger partial charge >= 0.3 is 0 Å². The average molecular weight is 671 g/mol. The van der Waals surface area contributed by atoms with Crippen LogP contribution in [-0.4, -0.2) is 36.6 Å². The van der Waals surface area contributed by atoms with Gasteiger partial charge in [-0.1, -0.05) is 72.8 Å². The molecule has 0 aliphatic carbocycles. The van der Waals surface area contributed by atoms with Crippen molar-refractivity contribution >= 4 is 56.2 Å². The molecule has 0 bridgehead atoms. The van der Waals surface area contributed by atoms with Gasteiger partial charge in [0.15, 0.2) is 34.5 Å². The zero-order chi connectivity index (χ0) is 33.6. The number of benzene rings is 6. The minimum absolute atomic E-state index is 0.110. The van der Waals surface area contributed by atoms with E-state index in [1.165, 1.54) is 0 Å². The Labute approximate surface area is 287 Å². The molecule has 0 radical (unpaired) electrons. The topological polar surface area (TPSA) is 55.4 Å². The van der Waals surface area contributed by atoms with Gasteiger partial charge in [-0.3, -0.25) is 0 Å². The molecule has 6 aromatic rings. The summed E-state index contributed by atoms with van der Waals surface area (Å²) in [7, 11) is -1.50. The molecule has 248 valence electrons. The molecule has 49 heavy (non-hydrogen) atoms. The summed E-state index contributed by atoms with van der Waals surface area (Å²) in [4.78, 5) is 0. The first-order valence-corrected chi connectivity index (χ1v) is 18.6. The molecule has 0 amide bonds. The second-order valence-electron chi connectivity index (χ2n) is 13.6. The molecule has 0 saturated heterocycles. The highest BCUT2D eigenvalue weighted by atomic mass is 31.1. The van der Waals surface area contributed by atoms with Crippen LogP contribution in [0, 0.1) is 0 Å². The molecule has 0 saturated carbocycles. The number of ether oxygens (including phenoxy) is 6. The van der Waals surface area contributed by atoms with E-state index in [1.54, 1.807) is 0 Å². The summed E-state index contributed by atoms with van der Waals surface area (Å²) in [6.07, 6.45) is -0.807. The number of hydrogen-bond donors (Lipinski definition) is 0. The van der Waals surface area contributed by atoms with E-state index in [0.29, 0.717) is 0 Å². The van der Waals surface area contributed by atoms with Crippen LogP contribution in [0.3, 0.4) is 0 Å².